The molecule has 4 heteroatoms. The van der Waals surface area contributed by atoms with Crippen LogP contribution in [0.3, 0.4) is 0 Å². The molecule has 16 heavy (non-hydrogen) atoms. The molecular formula is C12H17NO3. The van der Waals surface area contributed by atoms with E-state index < -0.39 is 0 Å². The van der Waals surface area contributed by atoms with E-state index in [1.54, 1.807) is 25.3 Å². The second kappa shape index (κ2) is 6.12. The second-order valence-corrected chi connectivity index (χ2v) is 3.67. The van der Waals surface area contributed by atoms with Gasteiger partial charge in [-0.3, -0.25) is 4.79 Å². The molecule has 0 spiro atoms. The fraction of sp³-hybridized carbons (Fsp3) is 0.417. The van der Waals surface area contributed by atoms with E-state index in [-0.39, 0.29) is 0 Å². The van der Waals surface area contributed by atoms with Crippen LogP contribution < -0.4 is 9.47 Å². The smallest absolute Gasteiger partial charge is 0.153 e. The number of methoxy groups -OCH3 is 1. The number of hydrogen-bond donors (Lipinski definition) is 0. The maximum Gasteiger partial charge on any atom is 0.153 e. The predicted octanol–water partition coefficient (Wildman–Crippen LogP) is 1.45. The maximum absolute atomic E-state index is 10.8. The Bertz CT molecular complexity index is 350. The average Bonchev–Trinajstić information content (AvgIpc) is 2.29. The van der Waals surface area contributed by atoms with Crippen LogP contribution in [0, 0.1) is 0 Å². The molecule has 0 aliphatic rings. The molecule has 0 atom stereocenters. The largest absolute Gasteiger partial charge is 0.497 e. The molecule has 0 unspecified atom stereocenters. The Morgan fingerprint density at radius 1 is 1.38 bits per heavy atom. The zero-order valence-electron chi connectivity index (χ0n) is 9.90. The lowest BCUT2D eigenvalue weighted by molar-refractivity contribution is 0.111. The number of nitrogens with zero attached hydrogens (tertiary/aromatic N) is 1. The summed E-state index contributed by atoms with van der Waals surface area (Å²) in [6, 6.07) is 5.19. The molecule has 0 aliphatic carbocycles. The van der Waals surface area contributed by atoms with Crippen molar-refractivity contribution in [2.24, 2.45) is 0 Å². The molecule has 4 nitrogen and oxygen atoms in total. The zero-order valence-corrected chi connectivity index (χ0v) is 9.90. The lowest BCUT2D eigenvalue weighted by Gasteiger charge is -2.12. The molecular weight excluding hydrogens is 206 g/mol. The van der Waals surface area contributed by atoms with Gasteiger partial charge in [-0.05, 0) is 32.3 Å². The summed E-state index contributed by atoms with van der Waals surface area (Å²) < 4.78 is 10.5. The monoisotopic (exact) mass is 223 g/mol. The van der Waals surface area contributed by atoms with Gasteiger partial charge >= 0.3 is 0 Å². The fourth-order valence-electron chi connectivity index (χ4n) is 1.22. The van der Waals surface area contributed by atoms with Crippen LogP contribution in [0.25, 0.3) is 0 Å². The Balaban J connectivity index is 2.68. The summed E-state index contributed by atoms with van der Waals surface area (Å²) in [5.41, 5.74) is 0.512. The number of likely N-dealkylation sites (N-methyl/N-ethyl adjacent to an activating group) is 1. The molecule has 1 aromatic carbocycles. The predicted molar refractivity (Wildman–Crippen MR) is 62.4 cm³/mol. The molecule has 0 bridgehead atoms. The van der Waals surface area contributed by atoms with Crippen molar-refractivity contribution in [3.8, 4) is 11.5 Å². The van der Waals surface area contributed by atoms with Crippen LogP contribution in [0.1, 0.15) is 10.4 Å². The normalized spacial score (nSPS) is 10.2. The van der Waals surface area contributed by atoms with Crippen LogP contribution in [0.15, 0.2) is 18.2 Å². The summed E-state index contributed by atoms with van der Waals surface area (Å²) in [5, 5.41) is 0. The van der Waals surface area contributed by atoms with Crippen molar-refractivity contribution in [3.63, 3.8) is 0 Å². The first-order valence-corrected chi connectivity index (χ1v) is 5.08. The Morgan fingerprint density at radius 2 is 2.12 bits per heavy atom. The van der Waals surface area contributed by atoms with E-state index in [0.29, 0.717) is 23.7 Å². The molecule has 0 heterocycles. The molecule has 0 radical (unpaired) electrons. The number of carbonyl (C=O) groups excluding carboxylic acids is 1. The Kier molecular flexibility index (Phi) is 4.79. The summed E-state index contributed by atoms with van der Waals surface area (Å²) in [4.78, 5) is 12.9. The van der Waals surface area contributed by atoms with E-state index in [4.69, 9.17) is 9.47 Å². The Labute approximate surface area is 95.8 Å². The van der Waals surface area contributed by atoms with Crippen LogP contribution in [0.4, 0.5) is 0 Å². The van der Waals surface area contributed by atoms with Crippen molar-refractivity contribution in [2.45, 2.75) is 0 Å². The molecule has 0 aromatic heterocycles. The van der Waals surface area contributed by atoms with Crippen molar-refractivity contribution >= 4 is 6.29 Å². The van der Waals surface area contributed by atoms with Crippen molar-refractivity contribution < 1.29 is 14.3 Å². The minimum Gasteiger partial charge on any atom is -0.497 e. The van der Waals surface area contributed by atoms with E-state index in [1.807, 2.05) is 19.0 Å². The van der Waals surface area contributed by atoms with Crippen molar-refractivity contribution in [2.75, 3.05) is 34.4 Å². The molecule has 0 aliphatic heterocycles. The van der Waals surface area contributed by atoms with Gasteiger partial charge in [-0.25, -0.2) is 0 Å². The summed E-state index contributed by atoms with van der Waals surface area (Å²) in [6.45, 7) is 1.37. The number of carbonyl (C=O) groups is 1. The van der Waals surface area contributed by atoms with Gasteiger partial charge in [0.25, 0.3) is 0 Å². The summed E-state index contributed by atoms with van der Waals surface area (Å²) in [7, 11) is 5.51. The number of rotatable bonds is 6. The third kappa shape index (κ3) is 3.55. The van der Waals surface area contributed by atoms with E-state index in [2.05, 4.69) is 0 Å². The van der Waals surface area contributed by atoms with E-state index in [1.165, 1.54) is 0 Å². The van der Waals surface area contributed by atoms with Crippen LogP contribution in [-0.4, -0.2) is 45.5 Å². The summed E-state index contributed by atoms with van der Waals surface area (Å²) in [5.74, 6) is 1.25. The highest BCUT2D eigenvalue weighted by Gasteiger charge is 2.04. The molecule has 0 saturated heterocycles. The first kappa shape index (κ1) is 12.5. The molecule has 0 saturated carbocycles. The van der Waals surface area contributed by atoms with Crippen molar-refractivity contribution in [3.05, 3.63) is 23.8 Å². The molecule has 88 valence electrons. The third-order valence-electron chi connectivity index (χ3n) is 2.14. The number of benzene rings is 1. The van der Waals surface area contributed by atoms with Crippen LogP contribution in [-0.2, 0) is 0 Å². The van der Waals surface area contributed by atoms with Gasteiger partial charge in [0.2, 0.25) is 0 Å². The highest BCUT2D eigenvalue weighted by molar-refractivity contribution is 5.80. The average molecular weight is 223 g/mol. The highest BCUT2D eigenvalue weighted by Crippen LogP contribution is 2.22. The van der Waals surface area contributed by atoms with E-state index in [0.717, 1.165) is 12.8 Å². The summed E-state index contributed by atoms with van der Waals surface area (Å²) >= 11 is 0. The molecule has 0 N–H and O–H groups in total. The van der Waals surface area contributed by atoms with E-state index in [9.17, 15) is 4.79 Å². The Hall–Kier alpha value is -1.55. The lowest BCUT2D eigenvalue weighted by Crippen LogP contribution is -2.19. The van der Waals surface area contributed by atoms with Gasteiger partial charge in [-0.15, -0.1) is 0 Å². The van der Waals surface area contributed by atoms with Crippen molar-refractivity contribution in [1.29, 1.82) is 0 Å². The fourth-order valence-corrected chi connectivity index (χ4v) is 1.22. The first-order chi connectivity index (χ1) is 7.67. The van der Waals surface area contributed by atoms with Gasteiger partial charge in [-0.2, -0.15) is 0 Å². The van der Waals surface area contributed by atoms with Crippen molar-refractivity contribution in [1.82, 2.24) is 4.90 Å². The van der Waals surface area contributed by atoms with Gasteiger partial charge in [0, 0.05) is 6.54 Å². The second-order valence-electron chi connectivity index (χ2n) is 3.67. The van der Waals surface area contributed by atoms with Crippen LogP contribution in [0.5, 0.6) is 11.5 Å². The van der Waals surface area contributed by atoms with Gasteiger partial charge in [0.1, 0.15) is 18.1 Å². The van der Waals surface area contributed by atoms with Crippen LogP contribution in [0.2, 0.25) is 0 Å². The number of ether oxygens (including phenoxy) is 2. The number of aldehydes is 1. The molecule has 0 amide bonds. The minimum atomic E-state index is 0.512. The van der Waals surface area contributed by atoms with Gasteiger partial charge in [-0.1, -0.05) is 0 Å². The van der Waals surface area contributed by atoms with Crippen LogP contribution >= 0.6 is 0 Å². The van der Waals surface area contributed by atoms with Gasteiger partial charge < -0.3 is 14.4 Å². The van der Waals surface area contributed by atoms with E-state index >= 15 is 0 Å². The van der Waals surface area contributed by atoms with Gasteiger partial charge in [0.15, 0.2) is 6.29 Å². The third-order valence-corrected chi connectivity index (χ3v) is 2.14. The zero-order chi connectivity index (χ0) is 12.0. The highest BCUT2D eigenvalue weighted by atomic mass is 16.5. The minimum absolute atomic E-state index is 0.512. The Morgan fingerprint density at radius 3 is 2.69 bits per heavy atom. The lowest BCUT2D eigenvalue weighted by atomic mass is 10.2. The molecule has 1 aromatic rings. The molecule has 0 fully saturated rings. The SMILES string of the molecule is COc1ccc(OCCN(C)C)c(C=O)c1. The summed E-state index contributed by atoms with van der Waals surface area (Å²) in [6.07, 6.45) is 0.771. The number of hydrogen-bond acceptors (Lipinski definition) is 4. The molecule has 1 rings (SSSR count). The standard InChI is InChI=1S/C12H17NO3/c1-13(2)6-7-16-12-5-4-11(15-3)8-10(12)9-14/h4-5,8-9H,6-7H2,1-3H3. The first-order valence-electron chi connectivity index (χ1n) is 5.08. The quantitative estimate of drug-likeness (QED) is 0.684. The van der Waals surface area contributed by atoms with Gasteiger partial charge in [0.05, 0.1) is 12.7 Å². The maximum atomic E-state index is 10.8. The topological polar surface area (TPSA) is 38.8 Å².